The van der Waals surface area contributed by atoms with Gasteiger partial charge in [-0.25, -0.2) is 0 Å². The SMILES string of the molecule is CC(=O)Nc1ccc(N2CCc3ccc([N+](=O)[O-])cc3C2)cc1. The normalized spacial score (nSPS) is 13.3. The second-order valence-corrected chi connectivity index (χ2v) is 5.61. The molecule has 1 aliphatic rings. The maximum Gasteiger partial charge on any atom is 0.269 e. The van der Waals surface area contributed by atoms with Gasteiger partial charge in [-0.15, -0.1) is 0 Å². The van der Waals surface area contributed by atoms with Crippen molar-refractivity contribution in [3.8, 4) is 0 Å². The molecule has 118 valence electrons. The van der Waals surface area contributed by atoms with Crippen molar-refractivity contribution in [2.75, 3.05) is 16.8 Å². The number of nitro groups is 1. The second-order valence-electron chi connectivity index (χ2n) is 5.61. The maximum absolute atomic E-state index is 11.0. The molecule has 1 amide bonds. The molecule has 2 aromatic rings. The van der Waals surface area contributed by atoms with E-state index in [1.807, 2.05) is 30.3 Å². The Kier molecular flexibility index (Phi) is 3.97. The summed E-state index contributed by atoms with van der Waals surface area (Å²) in [4.78, 5) is 23.8. The monoisotopic (exact) mass is 311 g/mol. The van der Waals surface area contributed by atoms with Crippen LogP contribution in [0.25, 0.3) is 0 Å². The summed E-state index contributed by atoms with van der Waals surface area (Å²) in [6, 6.07) is 12.7. The summed E-state index contributed by atoms with van der Waals surface area (Å²) in [5.41, 5.74) is 4.09. The van der Waals surface area contributed by atoms with Crippen molar-refractivity contribution in [2.24, 2.45) is 0 Å². The molecule has 0 unspecified atom stereocenters. The highest BCUT2D eigenvalue weighted by atomic mass is 16.6. The molecular formula is C17H17N3O3. The summed E-state index contributed by atoms with van der Waals surface area (Å²) in [5, 5.41) is 13.7. The third kappa shape index (κ3) is 3.31. The van der Waals surface area contributed by atoms with Gasteiger partial charge in [-0.2, -0.15) is 0 Å². The Bertz CT molecular complexity index is 756. The largest absolute Gasteiger partial charge is 0.367 e. The number of anilines is 2. The molecule has 6 nitrogen and oxygen atoms in total. The Morgan fingerprint density at radius 3 is 2.57 bits per heavy atom. The first-order chi connectivity index (χ1) is 11.0. The van der Waals surface area contributed by atoms with Crippen molar-refractivity contribution in [2.45, 2.75) is 19.9 Å². The van der Waals surface area contributed by atoms with E-state index in [9.17, 15) is 14.9 Å². The van der Waals surface area contributed by atoms with Crippen LogP contribution in [0.1, 0.15) is 18.1 Å². The Balaban J connectivity index is 1.79. The number of non-ortho nitro benzene ring substituents is 1. The molecular weight excluding hydrogens is 294 g/mol. The van der Waals surface area contributed by atoms with Crippen molar-refractivity contribution in [1.29, 1.82) is 0 Å². The molecule has 6 heteroatoms. The highest BCUT2D eigenvalue weighted by molar-refractivity contribution is 5.88. The number of rotatable bonds is 3. The minimum Gasteiger partial charge on any atom is -0.367 e. The number of amides is 1. The number of nitrogens with one attached hydrogen (secondary N) is 1. The Morgan fingerprint density at radius 1 is 1.17 bits per heavy atom. The summed E-state index contributed by atoms with van der Waals surface area (Å²) < 4.78 is 0. The van der Waals surface area contributed by atoms with Gasteiger partial charge >= 0.3 is 0 Å². The van der Waals surface area contributed by atoms with E-state index in [4.69, 9.17) is 0 Å². The molecule has 0 atom stereocenters. The summed E-state index contributed by atoms with van der Waals surface area (Å²) in [5.74, 6) is -0.100. The van der Waals surface area contributed by atoms with Crippen LogP contribution in [0, 0.1) is 10.1 Å². The molecule has 0 fully saturated rings. The van der Waals surface area contributed by atoms with E-state index in [1.165, 1.54) is 12.5 Å². The number of carbonyl (C=O) groups is 1. The third-order valence-electron chi connectivity index (χ3n) is 3.97. The molecule has 2 aromatic carbocycles. The van der Waals surface area contributed by atoms with Crippen LogP contribution in [0.2, 0.25) is 0 Å². The number of hydrogen-bond donors (Lipinski definition) is 1. The molecule has 0 saturated heterocycles. The lowest BCUT2D eigenvalue weighted by Gasteiger charge is -2.30. The Morgan fingerprint density at radius 2 is 1.91 bits per heavy atom. The zero-order chi connectivity index (χ0) is 16.4. The van der Waals surface area contributed by atoms with Gasteiger partial charge in [0, 0.05) is 43.5 Å². The van der Waals surface area contributed by atoms with Crippen molar-refractivity contribution in [1.82, 2.24) is 0 Å². The molecule has 0 saturated carbocycles. The standard InChI is InChI=1S/C17H17N3O3/c1-12(21)18-15-3-6-16(7-4-15)19-9-8-13-2-5-17(20(22)23)10-14(13)11-19/h2-7,10H,8-9,11H2,1H3,(H,18,21). The lowest BCUT2D eigenvalue weighted by molar-refractivity contribution is -0.384. The first-order valence-electron chi connectivity index (χ1n) is 7.42. The van der Waals surface area contributed by atoms with E-state index in [-0.39, 0.29) is 16.5 Å². The number of benzene rings is 2. The predicted molar refractivity (Wildman–Crippen MR) is 88.6 cm³/mol. The second kappa shape index (κ2) is 6.08. The smallest absolute Gasteiger partial charge is 0.269 e. The van der Waals surface area contributed by atoms with E-state index in [0.717, 1.165) is 29.9 Å². The number of nitro benzene ring substituents is 1. The van der Waals surface area contributed by atoms with E-state index in [2.05, 4.69) is 10.2 Å². The topological polar surface area (TPSA) is 75.5 Å². The van der Waals surface area contributed by atoms with Crippen LogP contribution in [-0.2, 0) is 17.8 Å². The Hall–Kier alpha value is -2.89. The van der Waals surface area contributed by atoms with Crippen LogP contribution in [0.4, 0.5) is 17.1 Å². The first kappa shape index (κ1) is 15.0. The summed E-state index contributed by atoms with van der Waals surface area (Å²) in [7, 11) is 0. The van der Waals surface area contributed by atoms with Crippen LogP contribution in [0.15, 0.2) is 42.5 Å². The molecule has 23 heavy (non-hydrogen) atoms. The zero-order valence-electron chi connectivity index (χ0n) is 12.8. The molecule has 0 radical (unpaired) electrons. The van der Waals surface area contributed by atoms with Crippen LogP contribution in [-0.4, -0.2) is 17.4 Å². The fourth-order valence-electron chi connectivity index (χ4n) is 2.84. The van der Waals surface area contributed by atoms with Gasteiger partial charge in [-0.05, 0) is 41.8 Å². The summed E-state index contributed by atoms with van der Waals surface area (Å²) >= 11 is 0. The molecule has 0 aromatic heterocycles. The van der Waals surface area contributed by atoms with Gasteiger partial charge in [0.2, 0.25) is 5.91 Å². The van der Waals surface area contributed by atoms with Crippen molar-refractivity contribution in [3.63, 3.8) is 0 Å². The van der Waals surface area contributed by atoms with Gasteiger partial charge < -0.3 is 10.2 Å². The zero-order valence-corrected chi connectivity index (χ0v) is 12.8. The van der Waals surface area contributed by atoms with Crippen molar-refractivity contribution >= 4 is 23.0 Å². The molecule has 0 spiro atoms. The third-order valence-corrected chi connectivity index (χ3v) is 3.97. The molecule has 1 aliphatic heterocycles. The fraction of sp³-hybridized carbons (Fsp3) is 0.235. The molecule has 1 heterocycles. The average Bonchev–Trinajstić information content (AvgIpc) is 2.54. The molecule has 0 aliphatic carbocycles. The highest BCUT2D eigenvalue weighted by Gasteiger charge is 2.19. The van der Waals surface area contributed by atoms with Crippen molar-refractivity contribution in [3.05, 3.63) is 63.7 Å². The maximum atomic E-state index is 11.0. The summed E-state index contributed by atoms with van der Waals surface area (Å²) in [6.07, 6.45) is 0.862. The molecule has 1 N–H and O–H groups in total. The quantitative estimate of drug-likeness (QED) is 0.698. The number of fused-ring (bicyclic) bond motifs is 1. The van der Waals surface area contributed by atoms with Gasteiger partial charge in [-0.3, -0.25) is 14.9 Å². The van der Waals surface area contributed by atoms with Crippen LogP contribution >= 0.6 is 0 Å². The van der Waals surface area contributed by atoms with E-state index >= 15 is 0 Å². The van der Waals surface area contributed by atoms with Gasteiger partial charge in [-0.1, -0.05) is 6.07 Å². The van der Waals surface area contributed by atoms with Gasteiger partial charge in [0.1, 0.15) is 0 Å². The number of nitrogens with zero attached hydrogens (tertiary/aromatic N) is 2. The van der Waals surface area contributed by atoms with Crippen LogP contribution in [0.3, 0.4) is 0 Å². The summed E-state index contributed by atoms with van der Waals surface area (Å²) in [6.45, 7) is 2.99. The lowest BCUT2D eigenvalue weighted by atomic mass is 9.98. The molecule has 3 rings (SSSR count). The van der Waals surface area contributed by atoms with Crippen LogP contribution in [0.5, 0.6) is 0 Å². The van der Waals surface area contributed by atoms with E-state index in [0.29, 0.717) is 6.54 Å². The first-order valence-corrected chi connectivity index (χ1v) is 7.42. The Labute approximate surface area is 133 Å². The predicted octanol–water partition coefficient (Wildman–Crippen LogP) is 3.12. The minimum atomic E-state index is -0.360. The van der Waals surface area contributed by atoms with E-state index < -0.39 is 0 Å². The van der Waals surface area contributed by atoms with E-state index in [1.54, 1.807) is 12.1 Å². The van der Waals surface area contributed by atoms with Crippen LogP contribution < -0.4 is 10.2 Å². The van der Waals surface area contributed by atoms with Gasteiger partial charge in [0.15, 0.2) is 0 Å². The minimum absolute atomic E-state index is 0.100. The van der Waals surface area contributed by atoms with Gasteiger partial charge in [0.25, 0.3) is 5.69 Å². The number of hydrogen-bond acceptors (Lipinski definition) is 4. The van der Waals surface area contributed by atoms with Gasteiger partial charge in [0.05, 0.1) is 4.92 Å². The fourth-order valence-corrected chi connectivity index (χ4v) is 2.84. The molecule has 0 bridgehead atoms. The lowest BCUT2D eigenvalue weighted by Crippen LogP contribution is -2.30. The highest BCUT2D eigenvalue weighted by Crippen LogP contribution is 2.28. The average molecular weight is 311 g/mol. The van der Waals surface area contributed by atoms with Crippen molar-refractivity contribution < 1.29 is 9.72 Å². The number of carbonyl (C=O) groups excluding carboxylic acids is 1.